The molecule has 0 atom stereocenters. The maximum Gasteiger partial charge on any atom is 0.286 e. The van der Waals surface area contributed by atoms with E-state index < -0.39 is 10.8 Å². The lowest BCUT2D eigenvalue weighted by Gasteiger charge is -2.05. The average molecular weight is 367 g/mol. The largest absolute Gasteiger partial charge is 0.319 e. The number of hydrogen-bond donors (Lipinski definition) is 0. The zero-order valence-corrected chi connectivity index (χ0v) is 15.2. The molecular formula is C19H17N3O3S. The molecule has 0 radical (unpaired) electrons. The van der Waals surface area contributed by atoms with Gasteiger partial charge in [0.05, 0.1) is 10.6 Å². The van der Waals surface area contributed by atoms with E-state index in [-0.39, 0.29) is 11.3 Å². The number of aryl methyl sites for hydroxylation is 1. The second-order valence-corrected chi connectivity index (χ2v) is 6.69. The van der Waals surface area contributed by atoms with E-state index in [9.17, 15) is 14.9 Å². The van der Waals surface area contributed by atoms with Gasteiger partial charge in [0.15, 0.2) is 4.80 Å². The zero-order valence-electron chi connectivity index (χ0n) is 14.4. The van der Waals surface area contributed by atoms with Gasteiger partial charge in [0, 0.05) is 18.0 Å². The topological polar surface area (TPSA) is 77.5 Å². The number of carbonyl (C=O) groups excluding carboxylic acids is 1. The molecule has 2 aromatic carbocycles. The predicted octanol–water partition coefficient (Wildman–Crippen LogP) is 3.97. The average Bonchev–Trinajstić information content (AvgIpc) is 2.97. The van der Waals surface area contributed by atoms with Crippen molar-refractivity contribution in [3.8, 4) is 11.3 Å². The molecule has 0 unspecified atom stereocenters. The van der Waals surface area contributed by atoms with Crippen LogP contribution in [0.5, 0.6) is 0 Å². The van der Waals surface area contributed by atoms with Crippen molar-refractivity contribution in [3.05, 3.63) is 80.0 Å². The van der Waals surface area contributed by atoms with Crippen LogP contribution in [0.4, 0.5) is 5.69 Å². The van der Waals surface area contributed by atoms with E-state index in [1.54, 1.807) is 6.07 Å². The Kier molecular flexibility index (Phi) is 5.09. The molecule has 0 aliphatic carbocycles. The summed E-state index contributed by atoms with van der Waals surface area (Å²) in [7, 11) is 1.85. The fourth-order valence-corrected chi connectivity index (χ4v) is 3.83. The molecule has 0 aliphatic heterocycles. The summed E-state index contributed by atoms with van der Waals surface area (Å²) in [5.74, 6) is -0.614. The van der Waals surface area contributed by atoms with Crippen molar-refractivity contribution in [2.24, 2.45) is 12.0 Å². The first-order chi connectivity index (χ1) is 12.5. The molecule has 1 aromatic heterocycles. The number of nitro benzene ring substituents is 1. The Labute approximate surface area is 154 Å². The SMILES string of the molecule is CCc1sc(=NC(=O)c2ccccc2[N+](=O)[O-])n(C)c1-c1ccccc1. The molecule has 26 heavy (non-hydrogen) atoms. The van der Waals surface area contributed by atoms with Crippen LogP contribution < -0.4 is 4.80 Å². The smallest absolute Gasteiger partial charge is 0.286 e. The summed E-state index contributed by atoms with van der Waals surface area (Å²) in [5.41, 5.74) is 1.81. The lowest BCUT2D eigenvalue weighted by molar-refractivity contribution is -0.385. The van der Waals surface area contributed by atoms with Gasteiger partial charge >= 0.3 is 0 Å². The summed E-state index contributed by atoms with van der Waals surface area (Å²) in [4.78, 5) is 28.9. The molecule has 0 aliphatic rings. The number of carbonyl (C=O) groups is 1. The van der Waals surface area contributed by atoms with Crippen LogP contribution in [0, 0.1) is 10.1 Å². The molecule has 0 saturated heterocycles. The van der Waals surface area contributed by atoms with Crippen LogP contribution in [0.3, 0.4) is 0 Å². The van der Waals surface area contributed by atoms with E-state index in [0.717, 1.165) is 22.6 Å². The molecule has 6 nitrogen and oxygen atoms in total. The highest BCUT2D eigenvalue weighted by molar-refractivity contribution is 7.09. The zero-order chi connectivity index (χ0) is 18.7. The van der Waals surface area contributed by atoms with Crippen molar-refractivity contribution in [1.82, 2.24) is 4.57 Å². The second-order valence-electron chi connectivity index (χ2n) is 5.63. The van der Waals surface area contributed by atoms with Crippen molar-refractivity contribution in [2.45, 2.75) is 13.3 Å². The number of thiazole rings is 1. The number of nitrogens with zero attached hydrogens (tertiary/aromatic N) is 3. The number of nitro groups is 1. The maximum atomic E-state index is 12.6. The maximum absolute atomic E-state index is 12.6. The molecule has 0 spiro atoms. The monoisotopic (exact) mass is 367 g/mol. The summed E-state index contributed by atoms with van der Waals surface area (Å²) in [6.45, 7) is 2.05. The van der Waals surface area contributed by atoms with Gasteiger partial charge in [-0.15, -0.1) is 11.3 Å². The first kappa shape index (κ1) is 17.8. The second kappa shape index (κ2) is 7.45. The van der Waals surface area contributed by atoms with E-state index in [1.165, 1.54) is 29.5 Å². The number of hydrogen-bond acceptors (Lipinski definition) is 4. The van der Waals surface area contributed by atoms with Crippen LogP contribution in [-0.4, -0.2) is 15.4 Å². The van der Waals surface area contributed by atoms with E-state index in [0.29, 0.717) is 4.80 Å². The molecule has 7 heteroatoms. The molecule has 0 saturated carbocycles. The quantitative estimate of drug-likeness (QED) is 0.517. The van der Waals surface area contributed by atoms with Crippen molar-refractivity contribution >= 4 is 22.9 Å². The Morgan fingerprint density at radius 3 is 2.46 bits per heavy atom. The lowest BCUT2D eigenvalue weighted by atomic mass is 10.1. The highest BCUT2D eigenvalue weighted by atomic mass is 32.1. The fraction of sp³-hybridized carbons (Fsp3) is 0.158. The number of para-hydroxylation sites is 1. The van der Waals surface area contributed by atoms with Crippen molar-refractivity contribution in [3.63, 3.8) is 0 Å². The Bertz CT molecular complexity index is 1040. The van der Waals surface area contributed by atoms with Gasteiger partial charge in [-0.2, -0.15) is 4.99 Å². The summed E-state index contributed by atoms with van der Waals surface area (Å²) in [5, 5.41) is 11.1. The van der Waals surface area contributed by atoms with Gasteiger partial charge in [-0.1, -0.05) is 49.4 Å². The van der Waals surface area contributed by atoms with Gasteiger partial charge in [-0.05, 0) is 18.1 Å². The molecule has 1 amide bonds. The van der Waals surface area contributed by atoms with Gasteiger partial charge in [0.2, 0.25) is 0 Å². The third-order valence-electron chi connectivity index (χ3n) is 4.00. The van der Waals surface area contributed by atoms with Crippen LogP contribution in [0.1, 0.15) is 22.2 Å². The molecule has 132 valence electrons. The molecule has 1 heterocycles. The Morgan fingerprint density at radius 1 is 1.15 bits per heavy atom. The fourth-order valence-electron chi connectivity index (χ4n) is 2.76. The highest BCUT2D eigenvalue weighted by Crippen LogP contribution is 2.25. The Morgan fingerprint density at radius 2 is 1.81 bits per heavy atom. The van der Waals surface area contributed by atoms with Crippen molar-refractivity contribution < 1.29 is 9.72 Å². The minimum atomic E-state index is -0.614. The third-order valence-corrected chi connectivity index (χ3v) is 5.27. The van der Waals surface area contributed by atoms with E-state index >= 15 is 0 Å². The first-order valence-electron chi connectivity index (χ1n) is 8.09. The molecule has 3 rings (SSSR count). The van der Waals surface area contributed by atoms with E-state index in [1.807, 2.05) is 48.9 Å². The van der Waals surface area contributed by atoms with Crippen LogP contribution in [-0.2, 0) is 13.5 Å². The van der Waals surface area contributed by atoms with E-state index in [2.05, 4.69) is 4.99 Å². The Balaban J connectivity index is 2.12. The summed E-state index contributed by atoms with van der Waals surface area (Å²) in [6, 6.07) is 15.7. The van der Waals surface area contributed by atoms with Crippen LogP contribution >= 0.6 is 11.3 Å². The number of amides is 1. The highest BCUT2D eigenvalue weighted by Gasteiger charge is 2.19. The summed E-state index contributed by atoms with van der Waals surface area (Å²) in [6.07, 6.45) is 0.804. The molecule has 0 bridgehead atoms. The van der Waals surface area contributed by atoms with Crippen LogP contribution in [0.25, 0.3) is 11.3 Å². The lowest BCUT2D eigenvalue weighted by Crippen LogP contribution is -2.15. The summed E-state index contributed by atoms with van der Waals surface area (Å²) < 4.78 is 1.87. The van der Waals surface area contributed by atoms with Gasteiger partial charge in [-0.25, -0.2) is 0 Å². The normalized spacial score (nSPS) is 11.5. The minimum absolute atomic E-state index is 0.00907. The summed E-state index contributed by atoms with van der Waals surface area (Å²) >= 11 is 1.42. The number of aromatic nitrogens is 1. The van der Waals surface area contributed by atoms with E-state index in [4.69, 9.17) is 0 Å². The van der Waals surface area contributed by atoms with Crippen molar-refractivity contribution in [1.29, 1.82) is 0 Å². The molecular weight excluding hydrogens is 350 g/mol. The molecule has 3 aromatic rings. The van der Waals surface area contributed by atoms with Crippen LogP contribution in [0.2, 0.25) is 0 Å². The predicted molar refractivity (Wildman–Crippen MR) is 101 cm³/mol. The first-order valence-corrected chi connectivity index (χ1v) is 8.91. The standard InChI is InChI=1S/C19H17N3O3S/c1-3-16-17(13-9-5-4-6-10-13)21(2)19(26-16)20-18(23)14-11-7-8-12-15(14)22(24)25/h4-12H,3H2,1-2H3. The van der Waals surface area contributed by atoms with Crippen molar-refractivity contribution in [2.75, 3.05) is 0 Å². The Hall–Kier alpha value is -3.06. The molecule has 0 fully saturated rings. The van der Waals surface area contributed by atoms with Gasteiger partial charge < -0.3 is 4.57 Å². The number of benzene rings is 2. The van der Waals surface area contributed by atoms with Crippen LogP contribution in [0.15, 0.2) is 59.6 Å². The number of rotatable bonds is 4. The van der Waals surface area contributed by atoms with Gasteiger partial charge in [-0.3, -0.25) is 14.9 Å². The van der Waals surface area contributed by atoms with Gasteiger partial charge in [0.25, 0.3) is 11.6 Å². The van der Waals surface area contributed by atoms with Gasteiger partial charge in [0.1, 0.15) is 5.56 Å². The third kappa shape index (κ3) is 3.34. The minimum Gasteiger partial charge on any atom is -0.319 e. The molecule has 0 N–H and O–H groups in total.